The Labute approximate surface area is 186 Å². The molecule has 0 saturated carbocycles. The van der Waals surface area contributed by atoms with Gasteiger partial charge in [0, 0.05) is 17.0 Å². The second kappa shape index (κ2) is 9.10. The molecule has 1 aliphatic rings. The minimum Gasteiger partial charge on any atom is -0.429 e. The largest absolute Gasteiger partial charge is 0.444 e. The summed E-state index contributed by atoms with van der Waals surface area (Å²) in [6.07, 6.45) is -9.10. The maximum atomic E-state index is 13.1. The van der Waals surface area contributed by atoms with Crippen LogP contribution >= 0.6 is 23.4 Å². The van der Waals surface area contributed by atoms with Crippen molar-refractivity contribution in [3.8, 4) is 5.75 Å². The summed E-state index contributed by atoms with van der Waals surface area (Å²) in [5.74, 6) is -1.63. The van der Waals surface area contributed by atoms with Crippen LogP contribution in [0.2, 0.25) is 0 Å². The molecule has 0 aromatic heterocycles. The fourth-order valence-electron chi connectivity index (χ4n) is 2.65. The summed E-state index contributed by atoms with van der Waals surface area (Å²) >= 11 is 5.64. The summed E-state index contributed by atoms with van der Waals surface area (Å²) in [7, 11) is 0. The van der Waals surface area contributed by atoms with Crippen molar-refractivity contribution < 1.29 is 40.7 Å². The molecule has 0 unspecified atom stereocenters. The summed E-state index contributed by atoms with van der Waals surface area (Å²) in [5, 5.41) is 3.92. The highest BCUT2D eigenvalue weighted by Gasteiger charge is 2.42. The van der Waals surface area contributed by atoms with Crippen molar-refractivity contribution in [1.82, 2.24) is 0 Å². The van der Waals surface area contributed by atoms with E-state index >= 15 is 0 Å². The van der Waals surface area contributed by atoms with Gasteiger partial charge in [0.25, 0.3) is 5.63 Å². The lowest BCUT2D eigenvalue weighted by molar-refractivity contribution is -0.199. The Morgan fingerprint density at radius 1 is 1.16 bits per heavy atom. The molecule has 2 aromatic rings. The van der Waals surface area contributed by atoms with E-state index < -0.39 is 46.3 Å². The molecule has 32 heavy (non-hydrogen) atoms. The topological polar surface area (TPSA) is 67.4 Å². The minimum atomic E-state index is -4.56. The number of amides is 2. The molecule has 0 bridgehead atoms. The van der Waals surface area contributed by atoms with Gasteiger partial charge in [0.15, 0.2) is 0 Å². The quantitative estimate of drug-likeness (QED) is 0.399. The second-order valence-electron chi connectivity index (χ2n) is 6.55. The third-order valence-electron chi connectivity index (χ3n) is 4.14. The molecular formula is C19H13ClF6N2O3S. The SMILES string of the molecule is O=C(C[C@@H]1Sc2ccc(C(F)(F)F)cc2NC1=O)Nc1ccc(OC(F)(F)[C@@H](F)Cl)cc1. The third kappa shape index (κ3) is 5.80. The van der Waals surface area contributed by atoms with E-state index in [1.54, 1.807) is 0 Å². The van der Waals surface area contributed by atoms with Crippen molar-refractivity contribution in [2.24, 2.45) is 0 Å². The number of fused-ring (bicyclic) bond motifs is 1. The van der Waals surface area contributed by atoms with Crippen LogP contribution in [0.1, 0.15) is 12.0 Å². The lowest BCUT2D eigenvalue weighted by Gasteiger charge is -2.24. The van der Waals surface area contributed by atoms with Gasteiger partial charge in [0.1, 0.15) is 5.75 Å². The van der Waals surface area contributed by atoms with Crippen molar-refractivity contribution in [1.29, 1.82) is 0 Å². The molecule has 0 spiro atoms. The van der Waals surface area contributed by atoms with Gasteiger partial charge in [-0.05, 0) is 42.5 Å². The number of ether oxygens (including phenoxy) is 1. The third-order valence-corrected chi connectivity index (χ3v) is 5.67. The van der Waals surface area contributed by atoms with Crippen LogP contribution in [0, 0.1) is 0 Å². The summed E-state index contributed by atoms with van der Waals surface area (Å²) in [4.78, 5) is 24.8. The predicted octanol–water partition coefficient (Wildman–Crippen LogP) is 5.65. The van der Waals surface area contributed by atoms with E-state index in [-0.39, 0.29) is 17.8 Å². The molecule has 0 radical (unpaired) electrons. The highest BCUT2D eigenvalue weighted by atomic mass is 35.5. The number of carbonyl (C=O) groups is 2. The van der Waals surface area contributed by atoms with Crippen molar-refractivity contribution in [3.63, 3.8) is 0 Å². The number of thioether (sulfide) groups is 1. The molecule has 172 valence electrons. The van der Waals surface area contributed by atoms with E-state index in [4.69, 9.17) is 11.6 Å². The van der Waals surface area contributed by atoms with Crippen LogP contribution in [-0.4, -0.2) is 28.8 Å². The molecule has 3 rings (SSSR count). The van der Waals surface area contributed by atoms with Crippen molar-refractivity contribution in [2.75, 3.05) is 10.6 Å². The number of hydrogen-bond acceptors (Lipinski definition) is 4. The number of hydrogen-bond donors (Lipinski definition) is 2. The van der Waals surface area contributed by atoms with Gasteiger partial charge in [0.05, 0.1) is 16.5 Å². The smallest absolute Gasteiger partial charge is 0.429 e. The fraction of sp³-hybridized carbons (Fsp3) is 0.263. The van der Waals surface area contributed by atoms with Crippen molar-refractivity contribution >= 4 is 46.6 Å². The molecule has 0 fully saturated rings. The van der Waals surface area contributed by atoms with E-state index in [0.717, 1.165) is 36.0 Å². The van der Waals surface area contributed by atoms with Crippen LogP contribution < -0.4 is 15.4 Å². The second-order valence-corrected chi connectivity index (χ2v) is 8.17. The Morgan fingerprint density at radius 2 is 1.81 bits per heavy atom. The average molecular weight is 499 g/mol. The van der Waals surface area contributed by atoms with E-state index in [0.29, 0.717) is 4.90 Å². The summed E-state index contributed by atoms with van der Waals surface area (Å²) < 4.78 is 81.4. The first-order chi connectivity index (χ1) is 14.8. The lowest BCUT2D eigenvalue weighted by atomic mass is 10.1. The maximum absolute atomic E-state index is 13.1. The zero-order valence-corrected chi connectivity index (χ0v) is 17.3. The predicted molar refractivity (Wildman–Crippen MR) is 106 cm³/mol. The molecule has 2 N–H and O–H groups in total. The van der Waals surface area contributed by atoms with Gasteiger partial charge in [0.2, 0.25) is 11.8 Å². The number of anilines is 2. The Kier molecular flexibility index (Phi) is 6.84. The van der Waals surface area contributed by atoms with Gasteiger partial charge in [-0.1, -0.05) is 11.6 Å². The van der Waals surface area contributed by atoms with E-state index in [2.05, 4.69) is 15.4 Å². The number of alkyl halides is 7. The van der Waals surface area contributed by atoms with Crippen LogP contribution in [0.25, 0.3) is 0 Å². The Morgan fingerprint density at radius 3 is 2.41 bits per heavy atom. The van der Waals surface area contributed by atoms with Crippen LogP contribution in [0.15, 0.2) is 47.4 Å². The maximum Gasteiger partial charge on any atom is 0.444 e. The first kappa shape index (κ1) is 24.1. The summed E-state index contributed by atoms with van der Waals surface area (Å²) in [5.41, 5.74) is -3.77. The van der Waals surface area contributed by atoms with Gasteiger partial charge in [-0.25, -0.2) is 4.39 Å². The van der Waals surface area contributed by atoms with Gasteiger partial charge in [-0.15, -0.1) is 11.8 Å². The van der Waals surface area contributed by atoms with Crippen LogP contribution in [0.5, 0.6) is 5.75 Å². The highest BCUT2D eigenvalue weighted by molar-refractivity contribution is 8.01. The number of carbonyl (C=O) groups excluding carboxylic acids is 2. The van der Waals surface area contributed by atoms with Gasteiger partial charge >= 0.3 is 12.3 Å². The number of halogens is 7. The zero-order valence-electron chi connectivity index (χ0n) is 15.7. The molecule has 0 aliphatic carbocycles. The Bertz CT molecular complexity index is 1020. The van der Waals surface area contributed by atoms with Crippen LogP contribution in [-0.2, 0) is 15.8 Å². The minimum absolute atomic E-state index is 0.00587. The molecule has 0 saturated heterocycles. The van der Waals surface area contributed by atoms with Crippen molar-refractivity contribution in [3.05, 3.63) is 48.0 Å². The normalized spacial score (nSPS) is 17.2. The van der Waals surface area contributed by atoms with E-state index in [1.807, 2.05) is 0 Å². The molecule has 2 atom stereocenters. The highest BCUT2D eigenvalue weighted by Crippen LogP contribution is 2.40. The number of rotatable bonds is 6. The van der Waals surface area contributed by atoms with Gasteiger partial charge in [-0.2, -0.15) is 22.0 Å². The molecule has 13 heteroatoms. The molecule has 1 heterocycles. The Hall–Kier alpha value is -2.60. The van der Waals surface area contributed by atoms with Crippen LogP contribution in [0.4, 0.5) is 37.7 Å². The standard InChI is InChI=1S/C19H13ClF6N2O3S/c20-17(21)19(25,26)31-11-4-2-10(3-5-11)27-15(29)8-14-16(30)28-12-7-9(18(22,23)24)1-6-13(12)32-14/h1-7,14,17H,8H2,(H,27,29)(H,28,30)/t14-,17+/m0/s1. The van der Waals surface area contributed by atoms with Gasteiger partial charge < -0.3 is 15.4 Å². The number of benzene rings is 2. The molecule has 5 nitrogen and oxygen atoms in total. The molecule has 2 amide bonds. The molecule has 2 aromatic carbocycles. The van der Waals surface area contributed by atoms with Gasteiger partial charge in [-0.3, -0.25) is 9.59 Å². The average Bonchev–Trinajstić information content (AvgIpc) is 2.68. The summed E-state index contributed by atoms with van der Waals surface area (Å²) in [6, 6.07) is 7.45. The van der Waals surface area contributed by atoms with Crippen molar-refractivity contribution in [2.45, 2.75) is 34.5 Å². The summed E-state index contributed by atoms with van der Waals surface area (Å²) in [6.45, 7) is 0. The van der Waals surface area contributed by atoms with E-state index in [1.165, 1.54) is 18.2 Å². The first-order valence-electron chi connectivity index (χ1n) is 8.79. The molecular weight excluding hydrogens is 486 g/mol. The first-order valence-corrected chi connectivity index (χ1v) is 10.1. The van der Waals surface area contributed by atoms with Crippen LogP contribution in [0.3, 0.4) is 0 Å². The number of nitrogens with one attached hydrogen (secondary N) is 2. The molecule has 1 aliphatic heterocycles. The zero-order chi connectivity index (χ0) is 23.7. The van der Waals surface area contributed by atoms with E-state index in [9.17, 15) is 35.9 Å². The lowest BCUT2D eigenvalue weighted by Crippen LogP contribution is -2.33. The fourth-order valence-corrected chi connectivity index (χ4v) is 3.78. The monoisotopic (exact) mass is 498 g/mol. The Balaban J connectivity index is 1.60.